The summed E-state index contributed by atoms with van der Waals surface area (Å²) < 4.78 is 53.4. The summed E-state index contributed by atoms with van der Waals surface area (Å²) in [6, 6.07) is 14.2. The number of hydrogen-bond donors (Lipinski definition) is 2. The maximum atomic E-state index is 12.7. The smallest absolute Gasteiger partial charge is 0.422 e. The van der Waals surface area contributed by atoms with E-state index < -0.39 is 18.7 Å². The standard InChI is InChI=1S/C25H24F3N3O5/c1-29-24(33)21-14-19(9-11-30-21)36-18-5-3-4-16(12-18)8-10-31-23(32)20-13-17(34-2)6-7-22(20)35-15-25(26,27)28/h3-7,9,11-14H,8,10,15H2,1-2H3,(H,29,33)(H,31,32). The van der Waals surface area contributed by atoms with Crippen LogP contribution in [0, 0.1) is 0 Å². The largest absolute Gasteiger partial charge is 0.497 e. The first-order chi connectivity index (χ1) is 17.2. The van der Waals surface area contributed by atoms with Gasteiger partial charge in [0.25, 0.3) is 11.8 Å². The van der Waals surface area contributed by atoms with E-state index in [1.165, 1.54) is 44.6 Å². The van der Waals surface area contributed by atoms with Crippen molar-refractivity contribution in [3.05, 3.63) is 77.6 Å². The Morgan fingerprint density at radius 1 is 0.972 bits per heavy atom. The van der Waals surface area contributed by atoms with Crippen molar-refractivity contribution in [2.45, 2.75) is 12.6 Å². The van der Waals surface area contributed by atoms with Gasteiger partial charge >= 0.3 is 6.18 Å². The molecule has 0 unspecified atom stereocenters. The fraction of sp³-hybridized carbons (Fsp3) is 0.240. The van der Waals surface area contributed by atoms with E-state index in [0.717, 1.165) is 5.56 Å². The van der Waals surface area contributed by atoms with Gasteiger partial charge < -0.3 is 24.8 Å². The lowest BCUT2D eigenvalue weighted by Crippen LogP contribution is -2.27. The van der Waals surface area contributed by atoms with Gasteiger partial charge in [0.05, 0.1) is 12.7 Å². The van der Waals surface area contributed by atoms with Crippen molar-refractivity contribution in [3.63, 3.8) is 0 Å². The first-order valence-corrected chi connectivity index (χ1v) is 10.8. The summed E-state index contributed by atoms with van der Waals surface area (Å²) in [5.74, 6) is 0.112. The Morgan fingerprint density at radius 3 is 2.47 bits per heavy atom. The number of nitrogens with one attached hydrogen (secondary N) is 2. The van der Waals surface area contributed by atoms with Crippen molar-refractivity contribution in [1.29, 1.82) is 0 Å². The minimum atomic E-state index is -4.54. The molecule has 0 saturated carbocycles. The maximum Gasteiger partial charge on any atom is 0.422 e. The summed E-state index contributed by atoms with van der Waals surface area (Å²) in [7, 11) is 2.89. The molecule has 36 heavy (non-hydrogen) atoms. The highest BCUT2D eigenvalue weighted by molar-refractivity contribution is 5.97. The van der Waals surface area contributed by atoms with E-state index in [0.29, 0.717) is 23.7 Å². The van der Waals surface area contributed by atoms with Crippen LogP contribution in [-0.4, -0.2) is 50.3 Å². The lowest BCUT2D eigenvalue weighted by Gasteiger charge is -2.14. The van der Waals surface area contributed by atoms with E-state index >= 15 is 0 Å². The molecular weight excluding hydrogens is 479 g/mol. The topological polar surface area (TPSA) is 98.8 Å². The van der Waals surface area contributed by atoms with E-state index in [1.807, 2.05) is 6.07 Å². The predicted octanol–water partition coefficient (Wildman–Crippen LogP) is 4.16. The van der Waals surface area contributed by atoms with Gasteiger partial charge in [-0.2, -0.15) is 13.2 Å². The van der Waals surface area contributed by atoms with Gasteiger partial charge in [0.15, 0.2) is 6.61 Å². The number of nitrogens with zero attached hydrogens (tertiary/aromatic N) is 1. The summed E-state index contributed by atoms with van der Waals surface area (Å²) >= 11 is 0. The van der Waals surface area contributed by atoms with Gasteiger partial charge in [-0.05, 0) is 48.4 Å². The van der Waals surface area contributed by atoms with Crippen molar-refractivity contribution in [2.75, 3.05) is 27.3 Å². The van der Waals surface area contributed by atoms with Gasteiger partial charge in [0, 0.05) is 25.9 Å². The molecule has 2 aromatic carbocycles. The summed E-state index contributed by atoms with van der Waals surface area (Å²) in [6.07, 6.45) is -2.66. The van der Waals surface area contributed by atoms with Gasteiger partial charge in [0.1, 0.15) is 28.7 Å². The van der Waals surface area contributed by atoms with Crippen molar-refractivity contribution in [3.8, 4) is 23.0 Å². The van der Waals surface area contributed by atoms with Gasteiger partial charge in [-0.15, -0.1) is 0 Å². The number of carbonyl (C=O) groups excluding carboxylic acids is 2. The number of amides is 2. The Hall–Kier alpha value is -4.28. The first kappa shape index (κ1) is 26.3. The van der Waals surface area contributed by atoms with Crippen LogP contribution < -0.4 is 24.8 Å². The average molecular weight is 503 g/mol. The molecule has 0 bridgehead atoms. The second-order valence-corrected chi connectivity index (χ2v) is 7.48. The van der Waals surface area contributed by atoms with E-state index in [-0.39, 0.29) is 29.5 Å². The third-order valence-electron chi connectivity index (χ3n) is 4.85. The highest BCUT2D eigenvalue weighted by Gasteiger charge is 2.29. The molecule has 3 rings (SSSR count). The molecule has 3 aromatic rings. The third-order valence-corrected chi connectivity index (χ3v) is 4.85. The number of alkyl halides is 3. The number of pyridine rings is 1. The molecule has 1 aromatic heterocycles. The third kappa shape index (κ3) is 7.62. The molecule has 11 heteroatoms. The molecule has 8 nitrogen and oxygen atoms in total. The predicted molar refractivity (Wildman–Crippen MR) is 125 cm³/mol. The molecule has 2 amide bonds. The maximum absolute atomic E-state index is 12.7. The highest BCUT2D eigenvalue weighted by atomic mass is 19.4. The Kier molecular flexibility index (Phi) is 8.71. The van der Waals surface area contributed by atoms with Crippen LogP contribution >= 0.6 is 0 Å². The Labute approximate surface area is 205 Å². The summed E-state index contributed by atoms with van der Waals surface area (Å²) in [5, 5.41) is 5.18. The Bertz CT molecular complexity index is 1220. The fourth-order valence-electron chi connectivity index (χ4n) is 3.14. The number of hydrogen-bond acceptors (Lipinski definition) is 6. The van der Waals surface area contributed by atoms with Crippen molar-refractivity contribution < 1.29 is 37.0 Å². The van der Waals surface area contributed by atoms with E-state index in [1.54, 1.807) is 24.3 Å². The number of ether oxygens (including phenoxy) is 3. The molecular formula is C25H24F3N3O5. The Balaban J connectivity index is 1.62. The molecule has 1 heterocycles. The number of halogens is 3. The molecule has 190 valence electrons. The molecule has 2 N–H and O–H groups in total. The second kappa shape index (κ2) is 11.9. The molecule has 0 spiro atoms. The van der Waals surface area contributed by atoms with Crippen LogP contribution in [0.4, 0.5) is 13.2 Å². The van der Waals surface area contributed by atoms with Gasteiger partial charge in [-0.1, -0.05) is 12.1 Å². The fourth-order valence-corrected chi connectivity index (χ4v) is 3.14. The Morgan fingerprint density at radius 2 is 1.75 bits per heavy atom. The van der Waals surface area contributed by atoms with Crippen LogP contribution in [0.1, 0.15) is 26.4 Å². The van der Waals surface area contributed by atoms with Crippen LogP contribution in [-0.2, 0) is 6.42 Å². The van der Waals surface area contributed by atoms with Crippen molar-refractivity contribution >= 4 is 11.8 Å². The molecule has 0 saturated heterocycles. The number of aromatic nitrogens is 1. The number of benzene rings is 2. The molecule has 0 fully saturated rings. The molecule has 0 atom stereocenters. The van der Waals surface area contributed by atoms with E-state index in [9.17, 15) is 22.8 Å². The number of rotatable bonds is 10. The summed E-state index contributed by atoms with van der Waals surface area (Å²) in [5.41, 5.74) is 0.984. The lowest BCUT2D eigenvalue weighted by atomic mass is 10.1. The quantitative estimate of drug-likeness (QED) is 0.431. The summed E-state index contributed by atoms with van der Waals surface area (Å²) in [4.78, 5) is 28.4. The molecule has 0 aliphatic carbocycles. The van der Waals surface area contributed by atoms with E-state index in [4.69, 9.17) is 14.2 Å². The van der Waals surface area contributed by atoms with Crippen LogP contribution in [0.25, 0.3) is 0 Å². The van der Waals surface area contributed by atoms with Crippen molar-refractivity contribution in [2.24, 2.45) is 0 Å². The van der Waals surface area contributed by atoms with Crippen molar-refractivity contribution in [1.82, 2.24) is 15.6 Å². The number of methoxy groups -OCH3 is 1. The highest BCUT2D eigenvalue weighted by Crippen LogP contribution is 2.27. The molecule has 0 radical (unpaired) electrons. The normalized spacial score (nSPS) is 10.9. The zero-order valence-electron chi connectivity index (χ0n) is 19.5. The second-order valence-electron chi connectivity index (χ2n) is 7.48. The monoisotopic (exact) mass is 503 g/mol. The minimum Gasteiger partial charge on any atom is -0.497 e. The van der Waals surface area contributed by atoms with Crippen LogP contribution in [0.5, 0.6) is 23.0 Å². The zero-order chi connectivity index (χ0) is 26.1. The molecule has 0 aliphatic rings. The van der Waals surface area contributed by atoms with Gasteiger partial charge in [0.2, 0.25) is 0 Å². The average Bonchev–Trinajstić information content (AvgIpc) is 2.86. The number of carbonyl (C=O) groups is 2. The minimum absolute atomic E-state index is 0.0692. The first-order valence-electron chi connectivity index (χ1n) is 10.8. The van der Waals surface area contributed by atoms with Gasteiger partial charge in [-0.25, -0.2) is 0 Å². The van der Waals surface area contributed by atoms with E-state index in [2.05, 4.69) is 15.6 Å². The van der Waals surface area contributed by atoms with Crippen LogP contribution in [0.15, 0.2) is 60.8 Å². The van der Waals surface area contributed by atoms with Crippen LogP contribution in [0.3, 0.4) is 0 Å². The van der Waals surface area contributed by atoms with Crippen LogP contribution in [0.2, 0.25) is 0 Å². The lowest BCUT2D eigenvalue weighted by molar-refractivity contribution is -0.153. The zero-order valence-corrected chi connectivity index (χ0v) is 19.5. The molecule has 0 aliphatic heterocycles. The SMILES string of the molecule is CNC(=O)c1cc(Oc2cccc(CCNC(=O)c3cc(OC)ccc3OCC(F)(F)F)c2)ccn1. The summed E-state index contributed by atoms with van der Waals surface area (Å²) in [6.45, 7) is -1.32. The van der Waals surface area contributed by atoms with Gasteiger partial charge in [-0.3, -0.25) is 14.6 Å².